The molecule has 0 spiro atoms. The Morgan fingerprint density at radius 3 is 2.71 bits per heavy atom. The van der Waals surface area contributed by atoms with Crippen LogP contribution in [0.3, 0.4) is 0 Å². The molecule has 0 radical (unpaired) electrons. The molecule has 1 aromatic carbocycles. The first kappa shape index (κ1) is 18.9. The fourth-order valence-electron chi connectivity index (χ4n) is 3.63. The highest BCUT2D eigenvalue weighted by molar-refractivity contribution is 7.15. The number of morpholine rings is 1. The van der Waals surface area contributed by atoms with E-state index in [2.05, 4.69) is 10.3 Å². The van der Waals surface area contributed by atoms with E-state index < -0.39 is 0 Å². The highest BCUT2D eigenvalue weighted by Crippen LogP contribution is 2.38. The normalized spacial score (nSPS) is 19.0. The Bertz CT molecular complexity index is 859. The lowest BCUT2D eigenvalue weighted by Gasteiger charge is -2.31. The maximum atomic E-state index is 13.0. The smallest absolute Gasteiger partial charge is 0.257 e. The van der Waals surface area contributed by atoms with Crippen molar-refractivity contribution < 1.29 is 19.1 Å². The van der Waals surface area contributed by atoms with Crippen LogP contribution in [0.5, 0.6) is 5.75 Å². The third-order valence-electron chi connectivity index (χ3n) is 5.15. The zero-order valence-electron chi connectivity index (χ0n) is 15.8. The first-order valence-corrected chi connectivity index (χ1v) is 10.3. The van der Waals surface area contributed by atoms with Gasteiger partial charge in [-0.25, -0.2) is 4.98 Å². The third kappa shape index (κ3) is 3.88. The lowest BCUT2D eigenvalue weighted by molar-refractivity contribution is -0.137. The Balaban J connectivity index is 1.49. The van der Waals surface area contributed by atoms with Gasteiger partial charge in [0.15, 0.2) is 5.13 Å². The van der Waals surface area contributed by atoms with E-state index in [1.54, 1.807) is 31.4 Å². The molecule has 148 valence electrons. The van der Waals surface area contributed by atoms with Gasteiger partial charge in [0.2, 0.25) is 5.91 Å². The number of carbonyl (C=O) groups is 2. The highest BCUT2D eigenvalue weighted by atomic mass is 32.1. The van der Waals surface area contributed by atoms with Gasteiger partial charge in [0.1, 0.15) is 5.75 Å². The second kappa shape index (κ2) is 8.28. The number of carbonyl (C=O) groups excluding carboxylic acids is 2. The average Bonchev–Trinajstić information content (AvgIpc) is 3.16. The molecule has 1 atom stereocenters. The van der Waals surface area contributed by atoms with Gasteiger partial charge in [0.05, 0.1) is 31.9 Å². The molecular weight excluding hydrogens is 378 g/mol. The highest BCUT2D eigenvalue weighted by Gasteiger charge is 2.33. The van der Waals surface area contributed by atoms with Crippen molar-refractivity contribution in [1.29, 1.82) is 0 Å². The summed E-state index contributed by atoms with van der Waals surface area (Å²) in [6, 6.07) is 6.93. The SMILES string of the molecule is COc1ccc(C(=O)Nc2nc3c(s2)CCCC3C(=O)N2CCOCC2)cc1. The number of ether oxygens (including phenoxy) is 2. The van der Waals surface area contributed by atoms with Crippen LogP contribution in [0.1, 0.15) is 39.7 Å². The molecule has 1 unspecified atom stereocenters. The molecule has 1 aliphatic heterocycles. The van der Waals surface area contributed by atoms with Crippen LogP contribution < -0.4 is 10.1 Å². The monoisotopic (exact) mass is 401 g/mol. The molecule has 4 rings (SSSR count). The molecule has 2 amide bonds. The summed E-state index contributed by atoms with van der Waals surface area (Å²) in [5.41, 5.74) is 1.37. The summed E-state index contributed by atoms with van der Waals surface area (Å²) in [5, 5.41) is 3.42. The largest absolute Gasteiger partial charge is 0.497 e. The number of anilines is 1. The quantitative estimate of drug-likeness (QED) is 0.852. The molecule has 28 heavy (non-hydrogen) atoms. The van der Waals surface area contributed by atoms with Crippen molar-refractivity contribution >= 4 is 28.3 Å². The van der Waals surface area contributed by atoms with E-state index >= 15 is 0 Å². The predicted octanol–water partition coefficient (Wildman–Crippen LogP) is 2.68. The van der Waals surface area contributed by atoms with Gasteiger partial charge in [-0.2, -0.15) is 0 Å². The standard InChI is InChI=1S/C20H23N3O4S/c1-26-14-7-5-13(6-8-14)18(24)22-20-21-17-15(3-2-4-16(17)28-20)19(25)23-9-11-27-12-10-23/h5-8,15H,2-4,9-12H2,1H3,(H,21,22,24). The van der Waals surface area contributed by atoms with Gasteiger partial charge in [-0.1, -0.05) is 0 Å². The average molecular weight is 401 g/mol. The van der Waals surface area contributed by atoms with Crippen LogP contribution in [0.2, 0.25) is 0 Å². The van der Waals surface area contributed by atoms with E-state index in [-0.39, 0.29) is 17.7 Å². The lowest BCUT2D eigenvalue weighted by atomic mass is 9.90. The number of fused-ring (bicyclic) bond motifs is 1. The van der Waals surface area contributed by atoms with Crippen molar-refractivity contribution in [3.05, 3.63) is 40.4 Å². The molecule has 2 heterocycles. The fraction of sp³-hybridized carbons (Fsp3) is 0.450. The molecule has 1 fully saturated rings. The molecule has 1 saturated heterocycles. The summed E-state index contributed by atoms with van der Waals surface area (Å²) in [5.74, 6) is 0.392. The molecular formula is C20H23N3O4S. The van der Waals surface area contributed by atoms with Gasteiger partial charge in [0.25, 0.3) is 5.91 Å². The summed E-state index contributed by atoms with van der Waals surface area (Å²) < 4.78 is 10.5. The Hall–Kier alpha value is -2.45. The number of nitrogens with zero attached hydrogens (tertiary/aromatic N) is 2. The summed E-state index contributed by atoms with van der Waals surface area (Å²) in [6.45, 7) is 2.45. The number of rotatable bonds is 4. The number of nitrogens with one attached hydrogen (secondary N) is 1. The maximum absolute atomic E-state index is 13.0. The molecule has 8 heteroatoms. The topological polar surface area (TPSA) is 80.8 Å². The first-order valence-electron chi connectivity index (χ1n) is 9.47. The van der Waals surface area contributed by atoms with Gasteiger partial charge < -0.3 is 14.4 Å². The number of methoxy groups -OCH3 is 1. The molecule has 1 N–H and O–H groups in total. The van der Waals surface area contributed by atoms with Crippen LogP contribution >= 0.6 is 11.3 Å². The minimum Gasteiger partial charge on any atom is -0.497 e. The number of aryl methyl sites for hydroxylation is 1. The Kier molecular flexibility index (Phi) is 5.59. The van der Waals surface area contributed by atoms with Crippen LogP contribution in [0.25, 0.3) is 0 Å². The van der Waals surface area contributed by atoms with E-state index in [4.69, 9.17) is 9.47 Å². The van der Waals surface area contributed by atoms with Gasteiger partial charge >= 0.3 is 0 Å². The summed E-state index contributed by atoms with van der Waals surface area (Å²) in [6.07, 6.45) is 2.67. The lowest BCUT2D eigenvalue weighted by Crippen LogP contribution is -2.43. The Morgan fingerprint density at radius 1 is 1.25 bits per heavy atom. The van der Waals surface area contributed by atoms with Crippen molar-refractivity contribution in [3.63, 3.8) is 0 Å². The molecule has 1 aromatic heterocycles. The predicted molar refractivity (Wildman–Crippen MR) is 106 cm³/mol. The second-order valence-corrected chi connectivity index (χ2v) is 7.98. The summed E-state index contributed by atoms with van der Waals surface area (Å²) >= 11 is 1.47. The zero-order valence-corrected chi connectivity index (χ0v) is 16.6. The summed E-state index contributed by atoms with van der Waals surface area (Å²) in [7, 11) is 1.59. The van der Waals surface area contributed by atoms with Gasteiger partial charge in [-0.15, -0.1) is 11.3 Å². The first-order chi connectivity index (χ1) is 13.7. The molecule has 2 aromatic rings. The number of hydrogen-bond acceptors (Lipinski definition) is 6. The van der Waals surface area contributed by atoms with E-state index in [0.29, 0.717) is 42.7 Å². The number of aromatic nitrogens is 1. The van der Waals surface area contributed by atoms with Crippen molar-refractivity contribution in [2.24, 2.45) is 0 Å². The molecule has 1 aliphatic carbocycles. The van der Waals surface area contributed by atoms with E-state index in [0.717, 1.165) is 29.8 Å². The fourth-order valence-corrected chi connectivity index (χ4v) is 4.69. The number of hydrogen-bond donors (Lipinski definition) is 1. The number of benzene rings is 1. The number of amides is 2. The second-order valence-electron chi connectivity index (χ2n) is 6.89. The van der Waals surface area contributed by atoms with Gasteiger partial charge in [-0.05, 0) is 43.5 Å². The van der Waals surface area contributed by atoms with Crippen LogP contribution in [0.4, 0.5) is 5.13 Å². The van der Waals surface area contributed by atoms with E-state index in [1.807, 2.05) is 4.90 Å². The van der Waals surface area contributed by atoms with Crippen LogP contribution in [-0.4, -0.2) is 55.1 Å². The van der Waals surface area contributed by atoms with Gasteiger partial charge in [-0.3, -0.25) is 14.9 Å². The summed E-state index contributed by atoms with van der Waals surface area (Å²) in [4.78, 5) is 33.1. The minimum absolute atomic E-state index is 0.127. The Morgan fingerprint density at radius 2 is 2.00 bits per heavy atom. The van der Waals surface area contributed by atoms with Crippen LogP contribution in [-0.2, 0) is 16.0 Å². The van der Waals surface area contributed by atoms with Crippen molar-refractivity contribution in [3.8, 4) is 5.75 Å². The van der Waals surface area contributed by atoms with Crippen LogP contribution in [0, 0.1) is 0 Å². The molecule has 0 saturated carbocycles. The van der Waals surface area contributed by atoms with E-state index in [1.165, 1.54) is 11.3 Å². The van der Waals surface area contributed by atoms with Crippen molar-refractivity contribution in [1.82, 2.24) is 9.88 Å². The molecule has 0 bridgehead atoms. The maximum Gasteiger partial charge on any atom is 0.257 e. The zero-order chi connectivity index (χ0) is 19.5. The molecule has 2 aliphatic rings. The van der Waals surface area contributed by atoms with Crippen molar-refractivity contribution in [2.75, 3.05) is 38.7 Å². The minimum atomic E-state index is -0.218. The third-order valence-corrected chi connectivity index (χ3v) is 6.19. The molecule has 7 nitrogen and oxygen atoms in total. The number of thiazole rings is 1. The van der Waals surface area contributed by atoms with Crippen molar-refractivity contribution in [2.45, 2.75) is 25.2 Å². The Labute approximate surface area is 167 Å². The van der Waals surface area contributed by atoms with Crippen LogP contribution in [0.15, 0.2) is 24.3 Å². The van der Waals surface area contributed by atoms with E-state index in [9.17, 15) is 9.59 Å². The van der Waals surface area contributed by atoms with Gasteiger partial charge in [0, 0.05) is 23.5 Å².